The number of aliphatic carboxylic acids is 2. The van der Waals surface area contributed by atoms with Gasteiger partial charge in [-0.1, -0.05) is 30.3 Å². The molecule has 1 amide bonds. The summed E-state index contributed by atoms with van der Waals surface area (Å²) in [5, 5.41) is 25.5. The molecule has 0 atom stereocenters. The van der Waals surface area contributed by atoms with Crippen LogP contribution in [-0.2, 0) is 16.0 Å². The van der Waals surface area contributed by atoms with Crippen molar-refractivity contribution in [2.75, 3.05) is 32.7 Å². The summed E-state index contributed by atoms with van der Waals surface area (Å²) in [4.78, 5) is 45.2. The van der Waals surface area contributed by atoms with Crippen LogP contribution in [0.5, 0.6) is 0 Å². The molecule has 0 unspecified atom stereocenters. The fourth-order valence-electron chi connectivity index (χ4n) is 3.23. The van der Waals surface area contributed by atoms with Crippen molar-refractivity contribution in [1.29, 1.82) is 0 Å². The lowest BCUT2D eigenvalue weighted by molar-refractivity contribution is -0.384. The van der Waals surface area contributed by atoms with Gasteiger partial charge in [-0.05, 0) is 37.1 Å². The van der Waals surface area contributed by atoms with Crippen LogP contribution in [0.3, 0.4) is 0 Å². The van der Waals surface area contributed by atoms with E-state index in [1.54, 1.807) is 0 Å². The van der Waals surface area contributed by atoms with E-state index in [1.165, 1.54) is 29.8 Å². The predicted octanol–water partition coefficient (Wildman–Crippen LogP) is 2.14. The van der Waals surface area contributed by atoms with Crippen molar-refractivity contribution in [2.24, 2.45) is 0 Å². The van der Waals surface area contributed by atoms with E-state index in [-0.39, 0.29) is 11.6 Å². The second-order valence-electron chi connectivity index (χ2n) is 7.14. The summed E-state index contributed by atoms with van der Waals surface area (Å²) < 4.78 is 0. The van der Waals surface area contributed by atoms with E-state index in [0.29, 0.717) is 18.7 Å². The smallest absolute Gasteiger partial charge is 0.414 e. The lowest BCUT2D eigenvalue weighted by Crippen LogP contribution is -2.48. The molecule has 0 saturated carbocycles. The van der Waals surface area contributed by atoms with Gasteiger partial charge in [0.2, 0.25) is 0 Å². The number of nitro benzene ring substituents is 1. The molecule has 1 fully saturated rings. The third kappa shape index (κ3) is 7.80. The molecule has 2 aromatic rings. The first-order valence-electron chi connectivity index (χ1n) is 10.0. The number of carboxylic acids is 2. The van der Waals surface area contributed by atoms with Crippen molar-refractivity contribution in [3.63, 3.8) is 0 Å². The number of nitro groups is 1. The fourth-order valence-corrected chi connectivity index (χ4v) is 3.23. The van der Waals surface area contributed by atoms with Crippen LogP contribution in [0.1, 0.15) is 22.3 Å². The van der Waals surface area contributed by atoms with Crippen molar-refractivity contribution in [3.8, 4) is 0 Å². The minimum absolute atomic E-state index is 0.00443. The molecule has 1 aliphatic heterocycles. The van der Waals surface area contributed by atoms with Crippen molar-refractivity contribution in [2.45, 2.75) is 12.8 Å². The Hall–Kier alpha value is -3.79. The van der Waals surface area contributed by atoms with Gasteiger partial charge < -0.3 is 15.1 Å². The number of non-ortho nitro benzene ring substituents is 1. The van der Waals surface area contributed by atoms with Gasteiger partial charge in [-0.15, -0.1) is 0 Å². The van der Waals surface area contributed by atoms with Gasteiger partial charge in [0.15, 0.2) is 0 Å². The largest absolute Gasteiger partial charge is 0.473 e. The van der Waals surface area contributed by atoms with Crippen LogP contribution in [-0.4, -0.2) is 75.5 Å². The van der Waals surface area contributed by atoms with Crippen molar-refractivity contribution >= 4 is 23.5 Å². The Labute approximate surface area is 184 Å². The summed E-state index contributed by atoms with van der Waals surface area (Å²) in [7, 11) is 0. The number of carbonyl (C=O) groups is 3. The predicted molar refractivity (Wildman–Crippen MR) is 115 cm³/mol. The number of carbonyl (C=O) groups excluding carboxylic acids is 1. The zero-order chi connectivity index (χ0) is 23.5. The van der Waals surface area contributed by atoms with E-state index >= 15 is 0 Å². The maximum absolute atomic E-state index is 12.5. The molecule has 1 aliphatic rings. The Morgan fingerprint density at radius 1 is 0.875 bits per heavy atom. The first-order valence-corrected chi connectivity index (χ1v) is 10.0. The molecule has 3 rings (SSSR count). The van der Waals surface area contributed by atoms with Crippen LogP contribution in [0.25, 0.3) is 0 Å². The second kappa shape index (κ2) is 12.2. The highest BCUT2D eigenvalue weighted by atomic mass is 16.6. The van der Waals surface area contributed by atoms with Crippen molar-refractivity contribution in [3.05, 3.63) is 75.8 Å². The lowest BCUT2D eigenvalue weighted by atomic mass is 10.1. The summed E-state index contributed by atoms with van der Waals surface area (Å²) in [6, 6.07) is 16.3. The maximum atomic E-state index is 12.5. The standard InChI is InChI=1S/C20H23N3O3.C2H2O4/c24-20(18-8-10-19(11-9-18)23(25)26)22-15-13-21(14-16-22)12-4-7-17-5-2-1-3-6-17;3-1(4)2(5)6/h1-3,5-6,8-11H,4,7,12-16H2;(H,3,4)(H,5,6). The number of hydrogen-bond donors (Lipinski definition) is 2. The Morgan fingerprint density at radius 2 is 1.44 bits per heavy atom. The van der Waals surface area contributed by atoms with Gasteiger partial charge in [0.05, 0.1) is 4.92 Å². The van der Waals surface area contributed by atoms with Crippen LogP contribution < -0.4 is 0 Å². The summed E-state index contributed by atoms with van der Waals surface area (Å²) in [5.41, 5.74) is 1.87. The minimum Gasteiger partial charge on any atom is -0.473 e. The SMILES string of the molecule is O=C(O)C(=O)O.O=C(c1ccc([N+](=O)[O-])cc1)N1CCN(CCCc2ccccc2)CC1. The number of piperazine rings is 1. The fraction of sp³-hybridized carbons (Fsp3) is 0.318. The monoisotopic (exact) mass is 443 g/mol. The number of aryl methyl sites for hydroxylation is 1. The molecule has 0 radical (unpaired) electrons. The minimum atomic E-state index is -1.82. The zero-order valence-corrected chi connectivity index (χ0v) is 17.4. The van der Waals surface area contributed by atoms with Gasteiger partial charge in [0, 0.05) is 43.9 Å². The normalized spacial score (nSPS) is 13.6. The van der Waals surface area contributed by atoms with Gasteiger partial charge in [0.1, 0.15) is 0 Å². The molecule has 10 heteroatoms. The van der Waals surface area contributed by atoms with Gasteiger partial charge in [-0.2, -0.15) is 0 Å². The summed E-state index contributed by atoms with van der Waals surface area (Å²) >= 11 is 0. The topological polar surface area (TPSA) is 141 Å². The Kier molecular flexibility index (Phi) is 9.30. The molecular weight excluding hydrogens is 418 g/mol. The molecule has 2 aromatic carbocycles. The third-order valence-electron chi connectivity index (χ3n) is 4.95. The average Bonchev–Trinajstić information content (AvgIpc) is 2.80. The number of rotatable bonds is 6. The molecule has 0 aliphatic carbocycles. The number of hydrogen-bond acceptors (Lipinski definition) is 6. The van der Waals surface area contributed by atoms with Gasteiger partial charge in [0.25, 0.3) is 11.6 Å². The molecule has 1 heterocycles. The Balaban J connectivity index is 0.000000534. The molecule has 0 aromatic heterocycles. The third-order valence-corrected chi connectivity index (χ3v) is 4.95. The highest BCUT2D eigenvalue weighted by Gasteiger charge is 2.22. The lowest BCUT2D eigenvalue weighted by Gasteiger charge is -2.34. The van der Waals surface area contributed by atoms with E-state index in [9.17, 15) is 14.9 Å². The summed E-state index contributed by atoms with van der Waals surface area (Å²) in [6.45, 7) is 4.16. The number of carboxylic acid groups (broad SMARTS) is 2. The van der Waals surface area contributed by atoms with Crippen LogP contribution >= 0.6 is 0 Å². The van der Waals surface area contributed by atoms with E-state index in [2.05, 4.69) is 29.2 Å². The number of benzene rings is 2. The van der Waals surface area contributed by atoms with Gasteiger partial charge in [-0.25, -0.2) is 9.59 Å². The van der Waals surface area contributed by atoms with Crippen molar-refractivity contribution < 1.29 is 29.5 Å². The molecular formula is C22H25N3O7. The molecule has 170 valence electrons. The molecule has 10 nitrogen and oxygen atoms in total. The summed E-state index contributed by atoms with van der Waals surface area (Å²) in [6.07, 6.45) is 2.18. The molecule has 2 N–H and O–H groups in total. The van der Waals surface area contributed by atoms with E-state index in [1.807, 2.05) is 11.0 Å². The van der Waals surface area contributed by atoms with Crippen LogP contribution in [0.15, 0.2) is 54.6 Å². The number of nitrogens with zero attached hydrogens (tertiary/aromatic N) is 3. The molecule has 0 bridgehead atoms. The quantitative estimate of drug-likeness (QED) is 0.393. The van der Waals surface area contributed by atoms with Gasteiger partial charge >= 0.3 is 11.9 Å². The molecule has 0 spiro atoms. The zero-order valence-electron chi connectivity index (χ0n) is 17.4. The van der Waals surface area contributed by atoms with E-state index < -0.39 is 16.9 Å². The van der Waals surface area contributed by atoms with E-state index in [4.69, 9.17) is 19.8 Å². The average molecular weight is 443 g/mol. The van der Waals surface area contributed by atoms with Crippen LogP contribution in [0.4, 0.5) is 5.69 Å². The highest BCUT2D eigenvalue weighted by Crippen LogP contribution is 2.15. The van der Waals surface area contributed by atoms with Crippen molar-refractivity contribution in [1.82, 2.24) is 9.80 Å². The summed E-state index contributed by atoms with van der Waals surface area (Å²) in [5.74, 6) is -3.70. The molecule has 32 heavy (non-hydrogen) atoms. The van der Waals surface area contributed by atoms with Crippen LogP contribution in [0.2, 0.25) is 0 Å². The second-order valence-corrected chi connectivity index (χ2v) is 7.14. The van der Waals surface area contributed by atoms with Crippen LogP contribution in [0, 0.1) is 10.1 Å². The maximum Gasteiger partial charge on any atom is 0.414 e. The first-order chi connectivity index (χ1) is 15.3. The van der Waals surface area contributed by atoms with E-state index in [0.717, 1.165) is 32.5 Å². The van der Waals surface area contributed by atoms with Gasteiger partial charge in [-0.3, -0.25) is 19.8 Å². The Morgan fingerprint density at radius 3 is 1.94 bits per heavy atom. The molecule has 1 saturated heterocycles. The first kappa shape index (κ1) is 24.5. The highest BCUT2D eigenvalue weighted by molar-refractivity contribution is 6.27. The number of amides is 1. The Bertz CT molecular complexity index is 912.